The van der Waals surface area contributed by atoms with Crippen LogP contribution in [0.25, 0.3) is 0 Å². The number of rotatable bonds is 9. The molecule has 0 aliphatic carbocycles. The molecule has 1 aromatic carbocycles. The number of hydrogen-bond acceptors (Lipinski definition) is 4. The topological polar surface area (TPSA) is 47.6 Å². The van der Waals surface area contributed by atoms with Gasteiger partial charge in [-0.2, -0.15) is 0 Å². The van der Waals surface area contributed by atoms with E-state index in [1.165, 1.54) is 12.7 Å². The molecule has 1 N–H and O–H groups in total. The summed E-state index contributed by atoms with van der Waals surface area (Å²) in [6.45, 7) is 5.46. The SMILES string of the molecule is CCCNC(CCOc1cccc(CC)c1)C(=O)OC. The van der Waals surface area contributed by atoms with Crippen LogP contribution in [0.1, 0.15) is 32.3 Å². The maximum Gasteiger partial charge on any atom is 0.322 e. The van der Waals surface area contributed by atoms with Crippen LogP contribution in [0.3, 0.4) is 0 Å². The maximum atomic E-state index is 11.6. The molecule has 1 rings (SSSR count). The first kappa shape index (κ1) is 16.5. The molecule has 112 valence electrons. The molecule has 0 heterocycles. The number of nitrogens with one attached hydrogen (secondary N) is 1. The lowest BCUT2D eigenvalue weighted by Gasteiger charge is -2.16. The lowest BCUT2D eigenvalue weighted by molar-refractivity contribution is -0.143. The number of benzene rings is 1. The van der Waals surface area contributed by atoms with Crippen molar-refractivity contribution in [3.8, 4) is 5.75 Å². The quantitative estimate of drug-likeness (QED) is 0.706. The van der Waals surface area contributed by atoms with Crippen LogP contribution >= 0.6 is 0 Å². The van der Waals surface area contributed by atoms with E-state index in [2.05, 4.69) is 25.2 Å². The Morgan fingerprint density at radius 3 is 2.80 bits per heavy atom. The van der Waals surface area contributed by atoms with Gasteiger partial charge in [0.2, 0.25) is 0 Å². The number of aryl methyl sites for hydroxylation is 1. The molecule has 0 amide bonds. The molecule has 0 aliphatic rings. The van der Waals surface area contributed by atoms with E-state index in [0.29, 0.717) is 13.0 Å². The Morgan fingerprint density at radius 2 is 2.15 bits per heavy atom. The molecule has 1 aromatic rings. The van der Waals surface area contributed by atoms with Crippen molar-refractivity contribution in [3.05, 3.63) is 29.8 Å². The van der Waals surface area contributed by atoms with Crippen LogP contribution in [0.4, 0.5) is 0 Å². The first-order valence-corrected chi connectivity index (χ1v) is 7.24. The second kappa shape index (κ2) is 9.37. The van der Waals surface area contributed by atoms with E-state index in [-0.39, 0.29) is 12.0 Å². The van der Waals surface area contributed by atoms with Gasteiger partial charge in [-0.25, -0.2) is 0 Å². The Bertz CT molecular complexity index is 406. The van der Waals surface area contributed by atoms with Gasteiger partial charge in [0.25, 0.3) is 0 Å². The summed E-state index contributed by atoms with van der Waals surface area (Å²) >= 11 is 0. The van der Waals surface area contributed by atoms with Crippen LogP contribution < -0.4 is 10.1 Å². The highest BCUT2D eigenvalue weighted by atomic mass is 16.5. The largest absolute Gasteiger partial charge is 0.494 e. The molecule has 0 saturated carbocycles. The Labute approximate surface area is 121 Å². The van der Waals surface area contributed by atoms with Crippen molar-refractivity contribution in [3.63, 3.8) is 0 Å². The molecular weight excluding hydrogens is 254 g/mol. The first-order chi connectivity index (χ1) is 9.71. The molecule has 4 heteroatoms. The summed E-state index contributed by atoms with van der Waals surface area (Å²) in [5.74, 6) is 0.618. The number of carbonyl (C=O) groups excluding carboxylic acids is 1. The fraction of sp³-hybridized carbons (Fsp3) is 0.562. The van der Waals surface area contributed by atoms with E-state index in [1.54, 1.807) is 0 Å². The number of methoxy groups -OCH3 is 1. The molecule has 0 spiro atoms. The van der Waals surface area contributed by atoms with Crippen LogP contribution in [0.5, 0.6) is 5.75 Å². The molecule has 0 aliphatic heterocycles. The summed E-state index contributed by atoms with van der Waals surface area (Å²) in [6.07, 6.45) is 2.57. The van der Waals surface area contributed by atoms with Gasteiger partial charge in [0.1, 0.15) is 11.8 Å². The molecule has 20 heavy (non-hydrogen) atoms. The lowest BCUT2D eigenvalue weighted by atomic mass is 10.1. The smallest absolute Gasteiger partial charge is 0.322 e. The van der Waals surface area contributed by atoms with Gasteiger partial charge in [-0.3, -0.25) is 4.79 Å². The lowest BCUT2D eigenvalue weighted by Crippen LogP contribution is -2.39. The average molecular weight is 279 g/mol. The molecule has 0 aromatic heterocycles. The highest BCUT2D eigenvalue weighted by molar-refractivity contribution is 5.75. The van der Waals surface area contributed by atoms with Gasteiger partial charge < -0.3 is 14.8 Å². The average Bonchev–Trinajstić information content (AvgIpc) is 2.50. The fourth-order valence-corrected chi connectivity index (χ4v) is 1.91. The number of esters is 1. The minimum Gasteiger partial charge on any atom is -0.494 e. The molecule has 0 radical (unpaired) electrons. The third kappa shape index (κ3) is 5.61. The van der Waals surface area contributed by atoms with Gasteiger partial charge in [0.15, 0.2) is 0 Å². The van der Waals surface area contributed by atoms with Crippen molar-refractivity contribution in [2.45, 2.75) is 39.2 Å². The van der Waals surface area contributed by atoms with Crippen LogP contribution in [0.15, 0.2) is 24.3 Å². The minimum absolute atomic E-state index is 0.232. The summed E-state index contributed by atoms with van der Waals surface area (Å²) in [7, 11) is 1.41. The highest BCUT2D eigenvalue weighted by Crippen LogP contribution is 2.14. The Kier molecular flexibility index (Phi) is 7.73. The van der Waals surface area contributed by atoms with Gasteiger partial charge in [-0.05, 0) is 37.1 Å². The monoisotopic (exact) mass is 279 g/mol. The summed E-state index contributed by atoms with van der Waals surface area (Å²) < 4.78 is 10.5. The molecule has 0 fully saturated rings. The Hall–Kier alpha value is -1.55. The zero-order valence-electron chi connectivity index (χ0n) is 12.6. The standard InChI is InChI=1S/C16H25NO3/c1-4-10-17-15(16(18)19-3)9-11-20-14-8-6-7-13(5-2)12-14/h6-8,12,15,17H,4-5,9-11H2,1-3H3. The third-order valence-corrected chi connectivity index (χ3v) is 3.11. The molecule has 1 atom stereocenters. The summed E-state index contributed by atoms with van der Waals surface area (Å²) in [4.78, 5) is 11.6. The van der Waals surface area contributed by atoms with Crippen LogP contribution in [-0.2, 0) is 16.0 Å². The van der Waals surface area contributed by atoms with Gasteiger partial charge in [0.05, 0.1) is 13.7 Å². The van der Waals surface area contributed by atoms with Crippen molar-refractivity contribution in [2.75, 3.05) is 20.3 Å². The van der Waals surface area contributed by atoms with E-state index in [0.717, 1.165) is 25.1 Å². The van der Waals surface area contributed by atoms with Crippen molar-refractivity contribution < 1.29 is 14.3 Å². The summed E-state index contributed by atoms with van der Waals surface area (Å²) in [5, 5.41) is 3.17. The van der Waals surface area contributed by atoms with Gasteiger partial charge in [0, 0.05) is 6.42 Å². The highest BCUT2D eigenvalue weighted by Gasteiger charge is 2.17. The minimum atomic E-state index is -0.297. The number of hydrogen-bond donors (Lipinski definition) is 1. The summed E-state index contributed by atoms with van der Waals surface area (Å²) in [6, 6.07) is 7.74. The van der Waals surface area contributed by atoms with Gasteiger partial charge >= 0.3 is 5.97 Å². The van der Waals surface area contributed by atoms with Crippen LogP contribution in [0, 0.1) is 0 Å². The van der Waals surface area contributed by atoms with Crippen LogP contribution in [-0.4, -0.2) is 32.3 Å². The first-order valence-electron chi connectivity index (χ1n) is 7.24. The van der Waals surface area contributed by atoms with E-state index < -0.39 is 0 Å². The predicted octanol–water partition coefficient (Wildman–Crippen LogP) is 2.56. The Balaban J connectivity index is 2.44. The molecule has 0 bridgehead atoms. The summed E-state index contributed by atoms with van der Waals surface area (Å²) in [5.41, 5.74) is 1.25. The van der Waals surface area contributed by atoms with Gasteiger partial charge in [-0.15, -0.1) is 0 Å². The molecular formula is C16H25NO3. The van der Waals surface area contributed by atoms with E-state index in [9.17, 15) is 4.79 Å². The zero-order chi connectivity index (χ0) is 14.8. The Morgan fingerprint density at radius 1 is 1.35 bits per heavy atom. The molecule has 1 unspecified atom stereocenters. The van der Waals surface area contributed by atoms with Gasteiger partial charge in [-0.1, -0.05) is 26.0 Å². The van der Waals surface area contributed by atoms with Crippen molar-refractivity contribution in [1.82, 2.24) is 5.32 Å². The maximum absolute atomic E-state index is 11.6. The van der Waals surface area contributed by atoms with Crippen molar-refractivity contribution in [2.24, 2.45) is 0 Å². The molecule has 0 saturated heterocycles. The normalized spacial score (nSPS) is 11.9. The number of carbonyl (C=O) groups is 1. The fourth-order valence-electron chi connectivity index (χ4n) is 1.91. The third-order valence-electron chi connectivity index (χ3n) is 3.11. The predicted molar refractivity (Wildman–Crippen MR) is 80.0 cm³/mol. The van der Waals surface area contributed by atoms with E-state index in [4.69, 9.17) is 9.47 Å². The van der Waals surface area contributed by atoms with E-state index in [1.807, 2.05) is 18.2 Å². The van der Waals surface area contributed by atoms with E-state index >= 15 is 0 Å². The van der Waals surface area contributed by atoms with Crippen molar-refractivity contribution in [1.29, 1.82) is 0 Å². The molecule has 4 nitrogen and oxygen atoms in total. The van der Waals surface area contributed by atoms with Crippen molar-refractivity contribution >= 4 is 5.97 Å². The second-order valence-electron chi connectivity index (χ2n) is 4.67. The number of ether oxygens (including phenoxy) is 2. The zero-order valence-corrected chi connectivity index (χ0v) is 12.6. The second-order valence-corrected chi connectivity index (χ2v) is 4.67. The van der Waals surface area contributed by atoms with Crippen LogP contribution in [0.2, 0.25) is 0 Å².